The number of esters is 1. The molecule has 1 amide bonds. The van der Waals surface area contributed by atoms with Crippen molar-refractivity contribution < 1.29 is 18.7 Å². The molecule has 0 fully saturated rings. The molecule has 0 aliphatic rings. The average molecular weight is 369 g/mol. The van der Waals surface area contributed by atoms with Crippen LogP contribution >= 0.6 is 0 Å². The molecule has 0 saturated heterocycles. The highest BCUT2D eigenvalue weighted by Gasteiger charge is 2.30. The van der Waals surface area contributed by atoms with Crippen LogP contribution in [0.3, 0.4) is 0 Å². The normalized spacial score (nSPS) is 12.7. The molecule has 0 bridgehead atoms. The molecule has 0 saturated carbocycles. The monoisotopic (exact) mass is 369 g/mol. The molecule has 27 heavy (non-hydrogen) atoms. The minimum atomic E-state index is -1.02. The summed E-state index contributed by atoms with van der Waals surface area (Å²) in [5, 5.41) is 15.0. The van der Waals surface area contributed by atoms with Crippen LogP contribution in [0, 0.1) is 17.2 Å². The number of hydrogen-bond acceptors (Lipinski definition) is 6. The largest absolute Gasteiger partial charge is 0.467 e. The first-order chi connectivity index (χ1) is 12.9. The fourth-order valence-electron chi connectivity index (χ4n) is 2.25. The van der Waals surface area contributed by atoms with Crippen molar-refractivity contribution >= 4 is 17.6 Å². The summed E-state index contributed by atoms with van der Waals surface area (Å²) in [5.41, 5.74) is -0.140. The summed E-state index contributed by atoms with van der Waals surface area (Å²) in [5.74, 6) is -0.520. The van der Waals surface area contributed by atoms with E-state index in [0.717, 1.165) is 5.76 Å². The van der Waals surface area contributed by atoms with E-state index in [-0.39, 0.29) is 5.92 Å². The SMILES string of the molecule is CC(C)[C@](C)(C#N)NC(=O)COC(=O)c1ccccc1NCc1ccco1. The smallest absolute Gasteiger partial charge is 0.340 e. The quantitative estimate of drug-likeness (QED) is 0.693. The second kappa shape index (κ2) is 8.90. The van der Waals surface area contributed by atoms with E-state index in [9.17, 15) is 14.9 Å². The zero-order valence-electron chi connectivity index (χ0n) is 15.6. The van der Waals surface area contributed by atoms with E-state index < -0.39 is 24.0 Å². The lowest BCUT2D eigenvalue weighted by atomic mass is 9.90. The first kappa shape index (κ1) is 20.0. The Bertz CT molecular complexity index is 824. The highest BCUT2D eigenvalue weighted by Crippen LogP contribution is 2.18. The van der Waals surface area contributed by atoms with Gasteiger partial charge in [0.25, 0.3) is 5.91 Å². The summed E-state index contributed by atoms with van der Waals surface area (Å²) in [4.78, 5) is 24.4. The summed E-state index contributed by atoms with van der Waals surface area (Å²) >= 11 is 0. The Kier molecular flexibility index (Phi) is 6.61. The van der Waals surface area contributed by atoms with E-state index in [1.165, 1.54) is 0 Å². The Morgan fingerprint density at radius 1 is 1.26 bits per heavy atom. The first-order valence-electron chi connectivity index (χ1n) is 8.60. The minimum Gasteiger partial charge on any atom is -0.467 e. The second-order valence-electron chi connectivity index (χ2n) is 6.57. The van der Waals surface area contributed by atoms with Crippen molar-refractivity contribution in [3.8, 4) is 6.07 Å². The van der Waals surface area contributed by atoms with Gasteiger partial charge in [0.05, 0.1) is 24.4 Å². The molecule has 1 heterocycles. The van der Waals surface area contributed by atoms with Crippen molar-refractivity contribution in [3.63, 3.8) is 0 Å². The van der Waals surface area contributed by atoms with Gasteiger partial charge in [0.2, 0.25) is 0 Å². The van der Waals surface area contributed by atoms with Gasteiger partial charge in [-0.3, -0.25) is 4.79 Å². The molecule has 1 atom stereocenters. The molecule has 142 valence electrons. The zero-order chi connectivity index (χ0) is 19.9. The maximum atomic E-state index is 12.4. The molecule has 0 radical (unpaired) electrons. The van der Waals surface area contributed by atoms with Crippen molar-refractivity contribution in [2.45, 2.75) is 32.9 Å². The molecule has 2 rings (SSSR count). The summed E-state index contributed by atoms with van der Waals surface area (Å²) in [6.07, 6.45) is 1.57. The maximum absolute atomic E-state index is 12.4. The molecular weight excluding hydrogens is 346 g/mol. The van der Waals surface area contributed by atoms with Gasteiger partial charge in [-0.15, -0.1) is 0 Å². The van der Waals surface area contributed by atoms with E-state index in [1.807, 2.05) is 19.9 Å². The van der Waals surface area contributed by atoms with Crippen LogP contribution in [0.1, 0.15) is 36.9 Å². The topological polar surface area (TPSA) is 104 Å². The van der Waals surface area contributed by atoms with Crippen LogP contribution in [0.15, 0.2) is 47.1 Å². The summed E-state index contributed by atoms with van der Waals surface area (Å²) in [7, 11) is 0. The number of nitrogens with one attached hydrogen (secondary N) is 2. The number of furan rings is 1. The Morgan fingerprint density at radius 3 is 2.63 bits per heavy atom. The number of anilines is 1. The molecule has 2 aromatic rings. The highest BCUT2D eigenvalue weighted by molar-refractivity contribution is 5.96. The maximum Gasteiger partial charge on any atom is 0.340 e. The van der Waals surface area contributed by atoms with Gasteiger partial charge in [0.15, 0.2) is 6.61 Å². The van der Waals surface area contributed by atoms with Crippen LogP contribution in [-0.2, 0) is 16.1 Å². The van der Waals surface area contributed by atoms with Gasteiger partial charge < -0.3 is 19.8 Å². The third-order valence-electron chi connectivity index (χ3n) is 4.30. The summed E-state index contributed by atoms with van der Waals surface area (Å²) in [6, 6.07) is 12.5. The molecule has 2 N–H and O–H groups in total. The molecule has 0 unspecified atom stereocenters. The molecule has 7 nitrogen and oxygen atoms in total. The Balaban J connectivity index is 1.96. The lowest BCUT2D eigenvalue weighted by Gasteiger charge is -2.27. The van der Waals surface area contributed by atoms with Crippen molar-refractivity contribution in [2.24, 2.45) is 5.92 Å². The zero-order valence-corrected chi connectivity index (χ0v) is 15.6. The lowest BCUT2D eigenvalue weighted by Crippen LogP contribution is -2.50. The number of nitrogens with zero attached hydrogens (tertiary/aromatic N) is 1. The number of benzene rings is 1. The lowest BCUT2D eigenvalue weighted by molar-refractivity contribution is -0.125. The fraction of sp³-hybridized carbons (Fsp3) is 0.350. The van der Waals surface area contributed by atoms with Crippen molar-refractivity contribution in [2.75, 3.05) is 11.9 Å². The predicted octanol–water partition coefficient (Wildman–Crippen LogP) is 3.10. The number of amides is 1. The number of carbonyl (C=O) groups is 2. The Labute approximate surface area is 158 Å². The molecule has 0 spiro atoms. The van der Waals surface area contributed by atoms with Crippen molar-refractivity contribution in [1.29, 1.82) is 5.26 Å². The second-order valence-corrected chi connectivity index (χ2v) is 6.57. The highest BCUT2D eigenvalue weighted by atomic mass is 16.5. The van der Waals surface area contributed by atoms with E-state index in [1.54, 1.807) is 43.5 Å². The van der Waals surface area contributed by atoms with Crippen LogP contribution in [0.2, 0.25) is 0 Å². The van der Waals surface area contributed by atoms with Crippen LogP contribution in [0.4, 0.5) is 5.69 Å². The van der Waals surface area contributed by atoms with E-state index in [2.05, 4.69) is 16.7 Å². The summed E-state index contributed by atoms with van der Waals surface area (Å²) in [6.45, 7) is 5.24. The van der Waals surface area contributed by atoms with Gasteiger partial charge in [0.1, 0.15) is 11.3 Å². The van der Waals surface area contributed by atoms with Gasteiger partial charge >= 0.3 is 5.97 Å². The predicted molar refractivity (Wildman–Crippen MR) is 99.8 cm³/mol. The van der Waals surface area contributed by atoms with Crippen LogP contribution < -0.4 is 10.6 Å². The summed E-state index contributed by atoms with van der Waals surface area (Å²) < 4.78 is 10.4. The number of para-hydroxylation sites is 1. The fourth-order valence-corrected chi connectivity index (χ4v) is 2.25. The number of ether oxygens (including phenoxy) is 1. The van der Waals surface area contributed by atoms with Gasteiger partial charge in [-0.2, -0.15) is 5.26 Å². The van der Waals surface area contributed by atoms with Gasteiger partial charge in [-0.1, -0.05) is 26.0 Å². The van der Waals surface area contributed by atoms with E-state index >= 15 is 0 Å². The molecular formula is C20H23N3O4. The average Bonchev–Trinajstić information content (AvgIpc) is 3.18. The van der Waals surface area contributed by atoms with Crippen molar-refractivity contribution in [3.05, 3.63) is 54.0 Å². The number of nitriles is 1. The van der Waals surface area contributed by atoms with Crippen molar-refractivity contribution in [1.82, 2.24) is 5.32 Å². The standard InChI is InChI=1S/C20H23N3O4/c1-14(2)20(3,13-21)23-18(24)12-27-19(25)16-8-4-5-9-17(16)22-11-15-7-6-10-26-15/h4-10,14,22H,11-12H2,1-3H3,(H,23,24)/t20-/m0/s1. The molecule has 0 aliphatic heterocycles. The van der Waals surface area contributed by atoms with Gasteiger partial charge in [-0.25, -0.2) is 4.79 Å². The molecule has 7 heteroatoms. The van der Waals surface area contributed by atoms with Crippen LogP contribution in [0.25, 0.3) is 0 Å². The first-order valence-corrected chi connectivity index (χ1v) is 8.60. The van der Waals surface area contributed by atoms with Crippen LogP contribution in [-0.4, -0.2) is 24.0 Å². The Hall–Kier alpha value is -3.27. The number of carbonyl (C=O) groups excluding carboxylic acids is 2. The van der Waals surface area contributed by atoms with E-state index in [0.29, 0.717) is 17.8 Å². The van der Waals surface area contributed by atoms with E-state index in [4.69, 9.17) is 9.15 Å². The third-order valence-corrected chi connectivity index (χ3v) is 4.30. The molecule has 0 aliphatic carbocycles. The minimum absolute atomic E-state index is 0.0892. The Morgan fingerprint density at radius 2 is 2.00 bits per heavy atom. The number of hydrogen-bond donors (Lipinski definition) is 2. The van der Waals surface area contributed by atoms with Gasteiger partial charge in [-0.05, 0) is 37.1 Å². The third kappa shape index (κ3) is 5.35. The molecule has 1 aromatic carbocycles. The van der Waals surface area contributed by atoms with Crippen LogP contribution in [0.5, 0.6) is 0 Å². The van der Waals surface area contributed by atoms with Gasteiger partial charge in [0, 0.05) is 5.69 Å². The molecule has 1 aromatic heterocycles. The number of rotatable bonds is 8.